The summed E-state index contributed by atoms with van der Waals surface area (Å²) < 4.78 is 35.0. The minimum absolute atomic E-state index is 0. The van der Waals surface area contributed by atoms with Crippen LogP contribution in [-0.2, 0) is 4.79 Å². The number of alkyl halides is 3. The van der Waals surface area contributed by atoms with E-state index in [0.29, 0.717) is 19.5 Å². The van der Waals surface area contributed by atoms with E-state index < -0.39 is 12.1 Å². The predicted molar refractivity (Wildman–Crippen MR) is 48.9 cm³/mol. The van der Waals surface area contributed by atoms with Gasteiger partial charge in [0.05, 0.1) is 0 Å². The molecule has 6 heteroatoms. The molecule has 14 heavy (non-hydrogen) atoms. The highest BCUT2D eigenvalue weighted by atomic mass is 19.4. The Morgan fingerprint density at radius 2 is 2.07 bits per heavy atom. The number of amides is 1. The zero-order valence-electron chi connectivity index (χ0n) is 8.24. The van der Waals surface area contributed by atoms with E-state index in [1.54, 1.807) is 0 Å². The molecule has 1 atom stereocenters. The van der Waals surface area contributed by atoms with E-state index in [1.807, 2.05) is 19.2 Å². The molecule has 0 bridgehead atoms. The number of nitrogens with one attached hydrogen (secondary N) is 2. The third-order valence-corrected chi connectivity index (χ3v) is 1.65. The van der Waals surface area contributed by atoms with E-state index >= 15 is 0 Å². The standard InChI is InChI=1S/C6H9F3N2O.C2H6.H2/c7-6(8,9)5(12)11-4-1-2-10-3-4;1-2;/h4,10H,1-3H2,(H,11,12);1-2H3;1H. The van der Waals surface area contributed by atoms with Crippen LogP contribution in [0.15, 0.2) is 0 Å². The van der Waals surface area contributed by atoms with Gasteiger partial charge in [0.1, 0.15) is 0 Å². The lowest BCUT2D eigenvalue weighted by Gasteiger charge is -2.12. The van der Waals surface area contributed by atoms with Crippen LogP contribution in [0.1, 0.15) is 21.7 Å². The van der Waals surface area contributed by atoms with Crippen molar-refractivity contribution in [3.63, 3.8) is 0 Å². The van der Waals surface area contributed by atoms with Crippen molar-refractivity contribution in [1.29, 1.82) is 0 Å². The smallest absolute Gasteiger partial charge is 0.344 e. The molecule has 1 fully saturated rings. The van der Waals surface area contributed by atoms with Gasteiger partial charge in [0.15, 0.2) is 0 Å². The summed E-state index contributed by atoms with van der Waals surface area (Å²) in [6.07, 6.45) is -4.20. The number of rotatable bonds is 1. The second-order valence-corrected chi connectivity index (χ2v) is 2.66. The van der Waals surface area contributed by atoms with E-state index in [4.69, 9.17) is 0 Å². The van der Waals surface area contributed by atoms with E-state index in [2.05, 4.69) is 5.32 Å². The number of carbonyl (C=O) groups excluding carboxylic acids is 1. The van der Waals surface area contributed by atoms with Crippen LogP contribution in [0.4, 0.5) is 13.2 Å². The molecule has 1 amide bonds. The second kappa shape index (κ2) is 5.85. The van der Waals surface area contributed by atoms with E-state index in [1.165, 1.54) is 0 Å². The molecule has 0 aromatic heterocycles. The van der Waals surface area contributed by atoms with Gasteiger partial charge in [0, 0.05) is 14.0 Å². The van der Waals surface area contributed by atoms with Crippen molar-refractivity contribution in [3.05, 3.63) is 0 Å². The van der Waals surface area contributed by atoms with Crippen molar-refractivity contribution in [1.82, 2.24) is 10.6 Å². The van der Waals surface area contributed by atoms with Gasteiger partial charge in [-0.15, -0.1) is 0 Å². The molecule has 86 valence electrons. The molecule has 1 heterocycles. The Morgan fingerprint density at radius 1 is 1.50 bits per heavy atom. The number of hydrogen-bond donors (Lipinski definition) is 2. The first-order valence-corrected chi connectivity index (χ1v) is 4.58. The Morgan fingerprint density at radius 3 is 2.43 bits per heavy atom. The molecule has 1 aliphatic rings. The van der Waals surface area contributed by atoms with Gasteiger partial charge in [-0.25, -0.2) is 0 Å². The largest absolute Gasteiger partial charge is 0.471 e. The first-order chi connectivity index (χ1) is 6.50. The zero-order valence-corrected chi connectivity index (χ0v) is 8.24. The molecule has 3 nitrogen and oxygen atoms in total. The van der Waals surface area contributed by atoms with Crippen LogP contribution >= 0.6 is 0 Å². The van der Waals surface area contributed by atoms with E-state index in [-0.39, 0.29) is 7.47 Å². The normalized spacial score (nSPS) is 21.1. The first-order valence-electron chi connectivity index (χ1n) is 4.58. The van der Waals surface area contributed by atoms with Crippen LogP contribution in [0.5, 0.6) is 0 Å². The van der Waals surface area contributed by atoms with Crippen molar-refractivity contribution in [2.75, 3.05) is 13.1 Å². The fourth-order valence-electron chi connectivity index (χ4n) is 1.05. The minimum atomic E-state index is -4.76. The maximum absolute atomic E-state index is 11.7. The molecule has 0 spiro atoms. The van der Waals surface area contributed by atoms with Crippen LogP contribution in [0.3, 0.4) is 0 Å². The van der Waals surface area contributed by atoms with Crippen LogP contribution < -0.4 is 10.6 Å². The molecular weight excluding hydrogens is 197 g/mol. The summed E-state index contributed by atoms with van der Waals surface area (Å²) in [6, 6.07) is -0.376. The first kappa shape index (κ1) is 13.2. The highest BCUT2D eigenvalue weighted by Crippen LogP contribution is 2.15. The summed E-state index contributed by atoms with van der Waals surface area (Å²) in [5.74, 6) is -1.85. The van der Waals surface area contributed by atoms with Gasteiger partial charge >= 0.3 is 12.1 Å². The van der Waals surface area contributed by atoms with Crippen molar-refractivity contribution in [3.8, 4) is 0 Å². The fourth-order valence-corrected chi connectivity index (χ4v) is 1.05. The lowest BCUT2D eigenvalue weighted by Crippen LogP contribution is -2.43. The topological polar surface area (TPSA) is 41.1 Å². The van der Waals surface area contributed by atoms with Gasteiger partial charge in [-0.1, -0.05) is 13.8 Å². The number of carbonyl (C=O) groups is 1. The summed E-state index contributed by atoms with van der Waals surface area (Å²) in [5, 5.41) is 4.74. The molecular formula is C8H17F3N2O. The molecule has 0 aliphatic carbocycles. The number of hydrogen-bond acceptors (Lipinski definition) is 2. The molecule has 1 aliphatic heterocycles. The maximum atomic E-state index is 11.7. The Bertz CT molecular complexity index is 181. The molecule has 1 rings (SSSR count). The monoisotopic (exact) mass is 214 g/mol. The van der Waals surface area contributed by atoms with Gasteiger partial charge in [0.25, 0.3) is 0 Å². The van der Waals surface area contributed by atoms with Gasteiger partial charge < -0.3 is 10.6 Å². The molecule has 0 saturated carbocycles. The predicted octanol–water partition coefficient (Wildman–Crippen LogP) is 1.30. The third-order valence-electron chi connectivity index (χ3n) is 1.65. The summed E-state index contributed by atoms with van der Waals surface area (Å²) in [5.41, 5.74) is 0. The van der Waals surface area contributed by atoms with Crippen molar-refractivity contribution in [2.24, 2.45) is 0 Å². The van der Waals surface area contributed by atoms with Crippen molar-refractivity contribution in [2.45, 2.75) is 32.5 Å². The summed E-state index contributed by atoms with van der Waals surface area (Å²) in [7, 11) is 0. The second-order valence-electron chi connectivity index (χ2n) is 2.66. The molecule has 1 unspecified atom stereocenters. The highest BCUT2D eigenvalue weighted by Gasteiger charge is 2.39. The van der Waals surface area contributed by atoms with Crippen molar-refractivity contribution < 1.29 is 19.4 Å². The molecule has 0 radical (unpaired) electrons. The molecule has 0 aromatic rings. The third kappa shape index (κ3) is 4.45. The maximum Gasteiger partial charge on any atom is 0.471 e. The minimum Gasteiger partial charge on any atom is -0.344 e. The van der Waals surface area contributed by atoms with Crippen LogP contribution in [0, 0.1) is 0 Å². The van der Waals surface area contributed by atoms with Gasteiger partial charge in [0.2, 0.25) is 0 Å². The van der Waals surface area contributed by atoms with E-state index in [0.717, 1.165) is 0 Å². The Hall–Kier alpha value is -0.780. The lowest BCUT2D eigenvalue weighted by atomic mass is 10.2. The number of halogens is 3. The molecule has 0 aromatic carbocycles. The fraction of sp³-hybridized carbons (Fsp3) is 0.875. The molecule has 1 saturated heterocycles. The Kier molecular flexibility index (Phi) is 5.52. The lowest BCUT2D eigenvalue weighted by molar-refractivity contribution is -0.174. The van der Waals surface area contributed by atoms with Crippen molar-refractivity contribution >= 4 is 5.91 Å². The average Bonchev–Trinajstić information content (AvgIpc) is 2.59. The van der Waals surface area contributed by atoms with Crippen LogP contribution in [0.2, 0.25) is 0 Å². The highest BCUT2D eigenvalue weighted by molar-refractivity contribution is 5.81. The summed E-state index contributed by atoms with van der Waals surface area (Å²) >= 11 is 0. The Balaban J connectivity index is 0. The molecule has 2 N–H and O–H groups in total. The Labute approximate surface area is 82.5 Å². The van der Waals surface area contributed by atoms with Crippen LogP contribution in [-0.4, -0.2) is 31.2 Å². The SMILES string of the molecule is CC.O=C(NC1CCNC1)C(F)(F)F.[HH]. The van der Waals surface area contributed by atoms with E-state index in [9.17, 15) is 18.0 Å². The van der Waals surface area contributed by atoms with Gasteiger partial charge in [-0.2, -0.15) is 13.2 Å². The van der Waals surface area contributed by atoms with Gasteiger partial charge in [-0.05, 0) is 13.0 Å². The van der Waals surface area contributed by atoms with Crippen LogP contribution in [0.25, 0.3) is 0 Å². The summed E-state index contributed by atoms with van der Waals surface area (Å²) in [6.45, 7) is 5.07. The van der Waals surface area contributed by atoms with Gasteiger partial charge in [-0.3, -0.25) is 4.79 Å². The summed E-state index contributed by atoms with van der Waals surface area (Å²) in [4.78, 5) is 10.4. The zero-order chi connectivity index (χ0) is 11.2. The quantitative estimate of drug-likeness (QED) is 0.690. The average molecular weight is 214 g/mol.